The van der Waals surface area contributed by atoms with Crippen molar-refractivity contribution in [2.24, 2.45) is 10.7 Å². The SMILES string of the molecule is C#CCOc1cc(CN=C(N)N2CCN(c3ccc(F)cc3)CC2)ccc1OC. The third kappa shape index (κ3) is 5.32. The van der Waals surface area contributed by atoms with Crippen molar-refractivity contribution in [2.45, 2.75) is 6.54 Å². The highest BCUT2D eigenvalue weighted by Gasteiger charge is 2.18. The molecule has 0 unspecified atom stereocenters. The lowest BCUT2D eigenvalue weighted by molar-refractivity contribution is 0.330. The van der Waals surface area contributed by atoms with Gasteiger partial charge in [-0.3, -0.25) is 0 Å². The molecule has 0 atom stereocenters. The number of ether oxygens (including phenoxy) is 2. The number of rotatable bonds is 6. The Morgan fingerprint density at radius 2 is 1.86 bits per heavy atom. The van der Waals surface area contributed by atoms with Crippen molar-refractivity contribution in [3.63, 3.8) is 0 Å². The molecule has 0 saturated carbocycles. The molecule has 152 valence electrons. The highest BCUT2D eigenvalue weighted by molar-refractivity contribution is 5.78. The quantitative estimate of drug-likeness (QED) is 0.462. The van der Waals surface area contributed by atoms with Gasteiger partial charge in [0.1, 0.15) is 12.4 Å². The zero-order valence-corrected chi connectivity index (χ0v) is 16.5. The second-order valence-corrected chi connectivity index (χ2v) is 6.60. The molecule has 0 aromatic heterocycles. The fourth-order valence-corrected chi connectivity index (χ4v) is 3.17. The molecular formula is C22H25FN4O2. The fraction of sp³-hybridized carbons (Fsp3) is 0.318. The summed E-state index contributed by atoms with van der Waals surface area (Å²) in [6.07, 6.45) is 5.26. The van der Waals surface area contributed by atoms with E-state index in [1.807, 2.05) is 18.2 Å². The van der Waals surface area contributed by atoms with E-state index in [9.17, 15) is 4.39 Å². The summed E-state index contributed by atoms with van der Waals surface area (Å²) in [6.45, 7) is 3.71. The molecule has 0 aliphatic carbocycles. The third-order valence-corrected chi connectivity index (χ3v) is 4.76. The molecule has 1 aliphatic rings. The van der Waals surface area contributed by atoms with Crippen LogP contribution in [0.4, 0.5) is 10.1 Å². The summed E-state index contributed by atoms with van der Waals surface area (Å²) in [7, 11) is 1.58. The minimum Gasteiger partial charge on any atom is -0.493 e. The predicted molar refractivity (Wildman–Crippen MR) is 113 cm³/mol. The topological polar surface area (TPSA) is 63.3 Å². The van der Waals surface area contributed by atoms with Crippen LogP contribution in [-0.4, -0.2) is 50.8 Å². The standard InChI is InChI=1S/C22H25FN4O2/c1-3-14-29-21-15-17(4-9-20(21)28-2)16-25-22(24)27-12-10-26(11-13-27)19-7-5-18(23)6-8-19/h1,4-9,15H,10-14,16H2,2H3,(H2,24,25). The Labute approximate surface area is 170 Å². The molecule has 0 spiro atoms. The van der Waals surface area contributed by atoms with E-state index >= 15 is 0 Å². The number of guanidine groups is 1. The highest BCUT2D eigenvalue weighted by Crippen LogP contribution is 2.28. The largest absolute Gasteiger partial charge is 0.493 e. The van der Waals surface area contributed by atoms with Crippen LogP contribution < -0.4 is 20.1 Å². The molecule has 2 aromatic carbocycles. The van der Waals surface area contributed by atoms with E-state index in [0.717, 1.165) is 37.4 Å². The number of nitrogens with zero attached hydrogens (tertiary/aromatic N) is 3. The van der Waals surface area contributed by atoms with E-state index in [1.54, 1.807) is 19.2 Å². The van der Waals surface area contributed by atoms with Crippen LogP contribution in [0.25, 0.3) is 0 Å². The van der Waals surface area contributed by atoms with Gasteiger partial charge in [-0.15, -0.1) is 6.42 Å². The molecular weight excluding hydrogens is 371 g/mol. The molecule has 1 aliphatic heterocycles. The number of aliphatic imine (C=N–C) groups is 1. The smallest absolute Gasteiger partial charge is 0.191 e. The summed E-state index contributed by atoms with van der Waals surface area (Å²) in [4.78, 5) is 8.78. The molecule has 1 fully saturated rings. The van der Waals surface area contributed by atoms with Crippen LogP contribution in [-0.2, 0) is 6.54 Å². The van der Waals surface area contributed by atoms with Gasteiger partial charge < -0.3 is 25.0 Å². The first kappa shape index (κ1) is 20.3. The van der Waals surface area contributed by atoms with Gasteiger partial charge in [0, 0.05) is 31.9 Å². The Hall–Kier alpha value is -3.40. The first-order chi connectivity index (χ1) is 14.1. The average molecular weight is 396 g/mol. The first-order valence-corrected chi connectivity index (χ1v) is 9.39. The van der Waals surface area contributed by atoms with Crippen LogP contribution in [0.3, 0.4) is 0 Å². The second-order valence-electron chi connectivity index (χ2n) is 6.60. The Kier molecular flexibility index (Phi) is 6.80. The number of terminal acetylenes is 1. The van der Waals surface area contributed by atoms with Gasteiger partial charge in [-0.2, -0.15) is 0 Å². The summed E-state index contributed by atoms with van der Waals surface area (Å²) in [6, 6.07) is 12.2. The number of methoxy groups -OCH3 is 1. The van der Waals surface area contributed by atoms with Crippen LogP contribution in [0, 0.1) is 18.2 Å². The van der Waals surface area contributed by atoms with E-state index in [4.69, 9.17) is 21.6 Å². The number of hydrogen-bond donors (Lipinski definition) is 1. The Balaban J connectivity index is 1.58. The molecule has 2 N–H and O–H groups in total. The highest BCUT2D eigenvalue weighted by atomic mass is 19.1. The number of halogens is 1. The first-order valence-electron chi connectivity index (χ1n) is 9.39. The normalized spacial score (nSPS) is 14.4. The van der Waals surface area contributed by atoms with Crippen molar-refractivity contribution in [3.8, 4) is 23.8 Å². The van der Waals surface area contributed by atoms with Crippen LogP contribution >= 0.6 is 0 Å². The monoisotopic (exact) mass is 396 g/mol. The molecule has 6 nitrogen and oxygen atoms in total. The minimum atomic E-state index is -0.227. The molecule has 0 radical (unpaired) electrons. The third-order valence-electron chi connectivity index (χ3n) is 4.76. The molecule has 0 bridgehead atoms. The molecule has 3 rings (SSSR count). The number of anilines is 1. The van der Waals surface area contributed by atoms with E-state index in [2.05, 4.69) is 20.7 Å². The van der Waals surface area contributed by atoms with Gasteiger partial charge in [-0.25, -0.2) is 9.38 Å². The Morgan fingerprint density at radius 1 is 1.14 bits per heavy atom. The predicted octanol–water partition coefficient (Wildman–Crippen LogP) is 2.48. The number of piperazine rings is 1. The lowest BCUT2D eigenvalue weighted by atomic mass is 10.2. The van der Waals surface area contributed by atoms with Crippen molar-refractivity contribution < 1.29 is 13.9 Å². The van der Waals surface area contributed by atoms with Gasteiger partial charge >= 0.3 is 0 Å². The number of hydrogen-bond acceptors (Lipinski definition) is 4. The number of nitrogens with two attached hydrogens (primary N) is 1. The van der Waals surface area contributed by atoms with Gasteiger partial charge in [-0.05, 0) is 42.0 Å². The van der Waals surface area contributed by atoms with Crippen LogP contribution in [0.5, 0.6) is 11.5 Å². The summed E-state index contributed by atoms with van der Waals surface area (Å²) < 4.78 is 23.9. The summed E-state index contributed by atoms with van der Waals surface area (Å²) >= 11 is 0. The molecule has 2 aromatic rings. The molecule has 7 heteroatoms. The summed E-state index contributed by atoms with van der Waals surface area (Å²) in [5, 5.41) is 0. The zero-order valence-electron chi connectivity index (χ0n) is 16.5. The summed E-state index contributed by atoms with van der Waals surface area (Å²) in [5.41, 5.74) is 8.16. The van der Waals surface area contributed by atoms with Crippen molar-refractivity contribution in [2.75, 3.05) is 44.8 Å². The van der Waals surface area contributed by atoms with Crippen LogP contribution in [0.2, 0.25) is 0 Å². The van der Waals surface area contributed by atoms with E-state index < -0.39 is 0 Å². The van der Waals surface area contributed by atoms with Gasteiger partial charge in [-0.1, -0.05) is 12.0 Å². The second kappa shape index (κ2) is 9.69. The lowest BCUT2D eigenvalue weighted by Gasteiger charge is -2.36. The maximum absolute atomic E-state index is 13.1. The Bertz CT molecular complexity index is 885. The molecule has 29 heavy (non-hydrogen) atoms. The lowest BCUT2D eigenvalue weighted by Crippen LogP contribution is -2.51. The van der Waals surface area contributed by atoms with Crippen molar-refractivity contribution in [3.05, 3.63) is 53.8 Å². The van der Waals surface area contributed by atoms with Gasteiger partial charge in [0.15, 0.2) is 17.5 Å². The minimum absolute atomic E-state index is 0.170. The fourth-order valence-electron chi connectivity index (χ4n) is 3.17. The Morgan fingerprint density at radius 3 is 2.52 bits per heavy atom. The van der Waals surface area contributed by atoms with Crippen molar-refractivity contribution in [1.82, 2.24) is 4.90 Å². The maximum Gasteiger partial charge on any atom is 0.191 e. The molecule has 1 saturated heterocycles. The zero-order chi connectivity index (χ0) is 20.6. The van der Waals surface area contributed by atoms with E-state index in [0.29, 0.717) is 24.0 Å². The maximum atomic E-state index is 13.1. The van der Waals surface area contributed by atoms with Crippen molar-refractivity contribution in [1.29, 1.82) is 0 Å². The molecule has 0 amide bonds. The van der Waals surface area contributed by atoms with Crippen LogP contribution in [0.15, 0.2) is 47.5 Å². The molecule has 1 heterocycles. The summed E-state index contributed by atoms with van der Waals surface area (Å²) in [5.74, 6) is 3.93. The van der Waals surface area contributed by atoms with Gasteiger partial charge in [0.05, 0.1) is 13.7 Å². The van der Waals surface area contributed by atoms with E-state index in [-0.39, 0.29) is 12.4 Å². The average Bonchev–Trinajstić information content (AvgIpc) is 2.76. The van der Waals surface area contributed by atoms with Gasteiger partial charge in [0.25, 0.3) is 0 Å². The van der Waals surface area contributed by atoms with Crippen LogP contribution in [0.1, 0.15) is 5.56 Å². The van der Waals surface area contributed by atoms with E-state index in [1.165, 1.54) is 12.1 Å². The number of benzene rings is 2. The van der Waals surface area contributed by atoms with Crippen molar-refractivity contribution >= 4 is 11.6 Å². The van der Waals surface area contributed by atoms with Gasteiger partial charge in [0.2, 0.25) is 0 Å².